The van der Waals surface area contributed by atoms with E-state index >= 15 is 0 Å². The van der Waals surface area contributed by atoms with Gasteiger partial charge in [0.2, 0.25) is 11.7 Å². The van der Waals surface area contributed by atoms with E-state index in [0.717, 1.165) is 12.8 Å². The SMILES string of the molecule is NC1CCCCC1c1nc(-c2ccco2)no1. The summed E-state index contributed by atoms with van der Waals surface area (Å²) in [6.07, 6.45) is 6.02. The van der Waals surface area contributed by atoms with E-state index in [1.807, 2.05) is 6.07 Å². The minimum atomic E-state index is 0.133. The molecule has 1 saturated carbocycles. The lowest BCUT2D eigenvalue weighted by Gasteiger charge is -2.25. The van der Waals surface area contributed by atoms with Crippen LogP contribution in [0.5, 0.6) is 0 Å². The second-order valence-corrected chi connectivity index (χ2v) is 4.49. The van der Waals surface area contributed by atoms with Crippen molar-refractivity contribution in [2.45, 2.75) is 37.6 Å². The van der Waals surface area contributed by atoms with Crippen molar-refractivity contribution in [3.8, 4) is 11.6 Å². The van der Waals surface area contributed by atoms with Gasteiger partial charge in [-0.3, -0.25) is 0 Å². The normalized spacial score (nSPS) is 25.0. The molecule has 90 valence electrons. The highest BCUT2D eigenvalue weighted by molar-refractivity contribution is 5.44. The summed E-state index contributed by atoms with van der Waals surface area (Å²) in [7, 11) is 0. The third-order valence-corrected chi connectivity index (χ3v) is 3.32. The minimum Gasteiger partial charge on any atom is -0.461 e. The van der Waals surface area contributed by atoms with Gasteiger partial charge in [0, 0.05) is 6.04 Å². The van der Waals surface area contributed by atoms with E-state index in [1.54, 1.807) is 12.3 Å². The maximum Gasteiger partial charge on any atom is 0.238 e. The lowest BCUT2D eigenvalue weighted by Crippen LogP contribution is -2.31. The molecule has 0 bridgehead atoms. The third-order valence-electron chi connectivity index (χ3n) is 3.32. The molecule has 5 heteroatoms. The predicted octanol–water partition coefficient (Wildman–Crippen LogP) is 2.31. The second kappa shape index (κ2) is 4.33. The van der Waals surface area contributed by atoms with E-state index in [-0.39, 0.29) is 12.0 Å². The average molecular weight is 233 g/mol. The summed E-state index contributed by atoms with van der Waals surface area (Å²) in [5, 5.41) is 3.93. The van der Waals surface area contributed by atoms with E-state index in [2.05, 4.69) is 10.1 Å². The number of furan rings is 1. The van der Waals surface area contributed by atoms with Crippen molar-refractivity contribution in [2.75, 3.05) is 0 Å². The molecule has 0 aliphatic heterocycles. The molecule has 2 heterocycles. The van der Waals surface area contributed by atoms with Crippen LogP contribution in [0.2, 0.25) is 0 Å². The lowest BCUT2D eigenvalue weighted by molar-refractivity contribution is 0.290. The zero-order valence-electron chi connectivity index (χ0n) is 9.50. The highest BCUT2D eigenvalue weighted by Gasteiger charge is 2.28. The molecule has 0 amide bonds. The molecule has 3 rings (SSSR count). The van der Waals surface area contributed by atoms with Crippen LogP contribution in [-0.2, 0) is 0 Å². The fourth-order valence-electron chi connectivity index (χ4n) is 2.36. The van der Waals surface area contributed by atoms with Gasteiger partial charge in [0.1, 0.15) is 0 Å². The largest absolute Gasteiger partial charge is 0.461 e. The van der Waals surface area contributed by atoms with Gasteiger partial charge in [-0.1, -0.05) is 18.0 Å². The number of rotatable bonds is 2. The average Bonchev–Trinajstić information content (AvgIpc) is 3.00. The van der Waals surface area contributed by atoms with Crippen LogP contribution in [-0.4, -0.2) is 16.2 Å². The molecule has 1 aliphatic rings. The standard InChI is InChI=1S/C12H15N3O2/c13-9-5-2-1-4-8(9)12-14-11(15-17-12)10-6-3-7-16-10/h3,6-9H,1-2,4-5,13H2. The molecule has 2 N–H and O–H groups in total. The van der Waals surface area contributed by atoms with Crippen LogP contribution in [0.1, 0.15) is 37.5 Å². The summed E-state index contributed by atoms with van der Waals surface area (Å²) < 4.78 is 10.5. The number of hydrogen-bond acceptors (Lipinski definition) is 5. The quantitative estimate of drug-likeness (QED) is 0.861. The summed E-state index contributed by atoms with van der Waals surface area (Å²) in [6, 6.07) is 3.75. The van der Waals surface area contributed by atoms with Gasteiger partial charge in [-0.2, -0.15) is 4.98 Å². The predicted molar refractivity (Wildman–Crippen MR) is 61.2 cm³/mol. The van der Waals surface area contributed by atoms with Gasteiger partial charge >= 0.3 is 0 Å². The molecule has 0 radical (unpaired) electrons. The van der Waals surface area contributed by atoms with Crippen molar-refractivity contribution >= 4 is 0 Å². The van der Waals surface area contributed by atoms with E-state index in [1.165, 1.54) is 12.8 Å². The third kappa shape index (κ3) is 1.98. The molecule has 1 aliphatic carbocycles. The lowest BCUT2D eigenvalue weighted by atomic mass is 9.85. The molecule has 5 nitrogen and oxygen atoms in total. The topological polar surface area (TPSA) is 78.1 Å². The summed E-state index contributed by atoms with van der Waals surface area (Å²) in [4.78, 5) is 4.38. The maximum absolute atomic E-state index is 6.09. The molecule has 17 heavy (non-hydrogen) atoms. The van der Waals surface area contributed by atoms with Crippen LogP contribution in [0, 0.1) is 0 Å². The molecule has 1 fully saturated rings. The molecular weight excluding hydrogens is 218 g/mol. The van der Waals surface area contributed by atoms with Crippen LogP contribution in [0.4, 0.5) is 0 Å². The summed E-state index contributed by atoms with van der Waals surface area (Å²) in [5.41, 5.74) is 6.09. The van der Waals surface area contributed by atoms with Crippen LogP contribution >= 0.6 is 0 Å². The van der Waals surface area contributed by atoms with Crippen LogP contribution in [0.25, 0.3) is 11.6 Å². The molecule has 2 atom stereocenters. The first-order valence-electron chi connectivity index (χ1n) is 5.97. The van der Waals surface area contributed by atoms with E-state index < -0.39 is 0 Å². The monoisotopic (exact) mass is 233 g/mol. The Morgan fingerprint density at radius 2 is 2.18 bits per heavy atom. The Balaban J connectivity index is 1.84. The van der Waals surface area contributed by atoms with E-state index in [4.69, 9.17) is 14.7 Å². The molecule has 0 saturated heterocycles. The Morgan fingerprint density at radius 3 is 2.94 bits per heavy atom. The minimum absolute atomic E-state index is 0.133. The highest BCUT2D eigenvalue weighted by atomic mass is 16.5. The van der Waals surface area contributed by atoms with Gasteiger partial charge in [0.15, 0.2) is 5.76 Å². The van der Waals surface area contributed by atoms with Gasteiger partial charge in [-0.15, -0.1) is 0 Å². The Hall–Kier alpha value is -1.62. The molecule has 0 aromatic carbocycles. The smallest absolute Gasteiger partial charge is 0.238 e. The van der Waals surface area contributed by atoms with Crippen molar-refractivity contribution in [2.24, 2.45) is 5.73 Å². The molecule has 0 spiro atoms. The zero-order chi connectivity index (χ0) is 11.7. The first-order valence-corrected chi connectivity index (χ1v) is 5.97. The molecule has 2 aromatic heterocycles. The number of nitrogens with two attached hydrogens (primary N) is 1. The first-order chi connectivity index (χ1) is 8.34. The Kier molecular flexibility index (Phi) is 2.68. The molecule has 2 aromatic rings. The summed E-state index contributed by atoms with van der Waals surface area (Å²) >= 11 is 0. The summed E-state index contributed by atoms with van der Waals surface area (Å²) in [5.74, 6) is 1.97. The summed E-state index contributed by atoms with van der Waals surface area (Å²) in [6.45, 7) is 0. The molecule has 2 unspecified atom stereocenters. The molecular formula is C12H15N3O2. The van der Waals surface area contributed by atoms with Gasteiger partial charge in [0.25, 0.3) is 0 Å². The zero-order valence-corrected chi connectivity index (χ0v) is 9.50. The van der Waals surface area contributed by atoms with E-state index in [0.29, 0.717) is 17.5 Å². The maximum atomic E-state index is 6.09. The van der Waals surface area contributed by atoms with Crippen molar-refractivity contribution in [1.29, 1.82) is 0 Å². The highest BCUT2D eigenvalue weighted by Crippen LogP contribution is 2.31. The van der Waals surface area contributed by atoms with Crippen molar-refractivity contribution in [3.63, 3.8) is 0 Å². The van der Waals surface area contributed by atoms with E-state index in [9.17, 15) is 0 Å². The van der Waals surface area contributed by atoms with Crippen molar-refractivity contribution in [1.82, 2.24) is 10.1 Å². The van der Waals surface area contributed by atoms with Crippen LogP contribution in [0.15, 0.2) is 27.3 Å². The van der Waals surface area contributed by atoms with Gasteiger partial charge in [0.05, 0.1) is 12.2 Å². The Morgan fingerprint density at radius 1 is 1.29 bits per heavy atom. The van der Waals surface area contributed by atoms with Gasteiger partial charge < -0.3 is 14.7 Å². The van der Waals surface area contributed by atoms with Crippen LogP contribution < -0.4 is 5.73 Å². The fourth-order valence-corrected chi connectivity index (χ4v) is 2.36. The number of hydrogen-bond donors (Lipinski definition) is 1. The van der Waals surface area contributed by atoms with Crippen molar-refractivity contribution in [3.05, 3.63) is 24.3 Å². The Bertz CT molecular complexity index is 478. The fraction of sp³-hybridized carbons (Fsp3) is 0.500. The van der Waals surface area contributed by atoms with Crippen molar-refractivity contribution < 1.29 is 8.94 Å². The van der Waals surface area contributed by atoms with Gasteiger partial charge in [-0.05, 0) is 25.0 Å². The van der Waals surface area contributed by atoms with Crippen LogP contribution in [0.3, 0.4) is 0 Å². The Labute approximate surface area is 99.0 Å². The number of aromatic nitrogens is 2. The van der Waals surface area contributed by atoms with Gasteiger partial charge in [-0.25, -0.2) is 0 Å². The second-order valence-electron chi connectivity index (χ2n) is 4.49. The number of nitrogens with zero attached hydrogens (tertiary/aromatic N) is 2. The first kappa shape index (κ1) is 10.5.